The quantitative estimate of drug-likeness (QED) is 0.743. The van der Waals surface area contributed by atoms with Gasteiger partial charge in [0.15, 0.2) is 0 Å². The Morgan fingerprint density at radius 2 is 2.06 bits per heavy atom. The van der Waals surface area contributed by atoms with E-state index < -0.39 is 0 Å². The summed E-state index contributed by atoms with van der Waals surface area (Å²) in [5.41, 5.74) is 7.56. The lowest BCUT2D eigenvalue weighted by atomic mass is 10.2. The van der Waals surface area contributed by atoms with Gasteiger partial charge in [-0.15, -0.1) is 0 Å². The molecule has 4 heteroatoms. The molecule has 0 aliphatic rings. The van der Waals surface area contributed by atoms with Crippen LogP contribution in [-0.4, -0.2) is 38.2 Å². The van der Waals surface area contributed by atoms with Gasteiger partial charge in [-0.05, 0) is 34.0 Å². The molecular formula is C13H23N3O. The second-order valence-corrected chi connectivity index (χ2v) is 4.53. The highest BCUT2D eigenvalue weighted by Gasteiger charge is 2.05. The molecule has 0 fully saturated rings. The first-order chi connectivity index (χ1) is 8.01. The van der Waals surface area contributed by atoms with Crippen LogP contribution < -0.4 is 15.8 Å². The summed E-state index contributed by atoms with van der Waals surface area (Å²) >= 11 is 0. The molecular weight excluding hydrogens is 214 g/mol. The van der Waals surface area contributed by atoms with E-state index >= 15 is 0 Å². The maximum atomic E-state index is 5.84. The van der Waals surface area contributed by atoms with Gasteiger partial charge in [-0.3, -0.25) is 0 Å². The number of nitrogens with one attached hydrogen (secondary N) is 1. The monoisotopic (exact) mass is 237 g/mol. The average Bonchev–Trinajstić information content (AvgIpc) is 2.14. The summed E-state index contributed by atoms with van der Waals surface area (Å²) in [5.74, 6) is 0.812. The van der Waals surface area contributed by atoms with Gasteiger partial charge in [0.05, 0.1) is 6.61 Å². The van der Waals surface area contributed by atoms with Gasteiger partial charge < -0.3 is 20.7 Å². The lowest BCUT2D eigenvalue weighted by Crippen LogP contribution is -2.29. The molecule has 17 heavy (non-hydrogen) atoms. The fourth-order valence-electron chi connectivity index (χ4n) is 1.83. The van der Waals surface area contributed by atoms with E-state index in [2.05, 4.69) is 31.2 Å². The van der Waals surface area contributed by atoms with E-state index in [0.29, 0.717) is 12.6 Å². The number of nitrogens with two attached hydrogens (primary N) is 1. The fourth-order valence-corrected chi connectivity index (χ4v) is 1.83. The topological polar surface area (TPSA) is 50.5 Å². The molecule has 0 radical (unpaired) electrons. The van der Waals surface area contributed by atoms with Crippen LogP contribution in [0.5, 0.6) is 5.75 Å². The number of anilines is 2. The van der Waals surface area contributed by atoms with Crippen LogP contribution in [0, 0.1) is 0 Å². The van der Waals surface area contributed by atoms with Gasteiger partial charge in [0.2, 0.25) is 0 Å². The standard InChI is InChI=1S/C13H23N3O/c1-5-17-13-7-11(14)6-12(8-13)15-10(2)9-16(3)4/h6-8,10,15H,5,9,14H2,1-4H3. The Hall–Kier alpha value is -1.42. The molecule has 1 aromatic rings. The minimum atomic E-state index is 0.362. The number of ether oxygens (including phenoxy) is 1. The number of rotatable bonds is 6. The van der Waals surface area contributed by atoms with Crippen molar-refractivity contribution in [1.29, 1.82) is 0 Å². The molecule has 0 saturated heterocycles. The van der Waals surface area contributed by atoms with Gasteiger partial charge >= 0.3 is 0 Å². The van der Waals surface area contributed by atoms with E-state index in [-0.39, 0.29) is 0 Å². The summed E-state index contributed by atoms with van der Waals surface area (Å²) in [7, 11) is 4.12. The van der Waals surface area contributed by atoms with E-state index in [1.54, 1.807) is 0 Å². The summed E-state index contributed by atoms with van der Waals surface area (Å²) in [5, 5.41) is 3.41. The zero-order valence-electron chi connectivity index (χ0n) is 11.2. The number of nitrogens with zero attached hydrogens (tertiary/aromatic N) is 1. The minimum absolute atomic E-state index is 0.362. The van der Waals surface area contributed by atoms with E-state index in [9.17, 15) is 0 Å². The van der Waals surface area contributed by atoms with E-state index in [4.69, 9.17) is 10.5 Å². The second kappa shape index (κ2) is 6.35. The van der Waals surface area contributed by atoms with Crippen LogP contribution >= 0.6 is 0 Å². The SMILES string of the molecule is CCOc1cc(N)cc(NC(C)CN(C)C)c1. The van der Waals surface area contributed by atoms with Crippen molar-refractivity contribution in [3.8, 4) is 5.75 Å². The van der Waals surface area contributed by atoms with Crippen LogP contribution in [0.1, 0.15) is 13.8 Å². The molecule has 0 aliphatic heterocycles. The summed E-state index contributed by atoms with van der Waals surface area (Å²) in [6.45, 7) is 5.73. The molecule has 0 aromatic heterocycles. The molecule has 3 N–H and O–H groups in total. The first-order valence-electron chi connectivity index (χ1n) is 5.96. The Kier molecular flexibility index (Phi) is 5.10. The van der Waals surface area contributed by atoms with Crippen molar-refractivity contribution in [2.45, 2.75) is 19.9 Å². The highest BCUT2D eigenvalue weighted by Crippen LogP contribution is 2.23. The number of benzene rings is 1. The van der Waals surface area contributed by atoms with Crippen LogP contribution in [-0.2, 0) is 0 Å². The minimum Gasteiger partial charge on any atom is -0.494 e. The van der Waals surface area contributed by atoms with E-state index in [1.807, 2.05) is 25.1 Å². The predicted molar refractivity (Wildman–Crippen MR) is 73.7 cm³/mol. The second-order valence-electron chi connectivity index (χ2n) is 4.53. The normalized spacial score (nSPS) is 12.5. The van der Waals surface area contributed by atoms with Crippen molar-refractivity contribution >= 4 is 11.4 Å². The number of nitrogen functional groups attached to an aromatic ring is 1. The Labute approximate surface area is 104 Å². The molecule has 4 nitrogen and oxygen atoms in total. The third-order valence-corrected chi connectivity index (χ3v) is 2.29. The van der Waals surface area contributed by atoms with Gasteiger partial charge in [-0.1, -0.05) is 0 Å². The first-order valence-corrected chi connectivity index (χ1v) is 5.96. The van der Waals surface area contributed by atoms with Crippen molar-refractivity contribution in [3.63, 3.8) is 0 Å². The third-order valence-electron chi connectivity index (χ3n) is 2.29. The molecule has 1 aromatic carbocycles. The molecule has 1 atom stereocenters. The Morgan fingerprint density at radius 1 is 1.35 bits per heavy atom. The molecule has 0 amide bonds. The lowest BCUT2D eigenvalue weighted by Gasteiger charge is -2.20. The zero-order valence-corrected chi connectivity index (χ0v) is 11.2. The highest BCUT2D eigenvalue weighted by molar-refractivity contribution is 5.59. The molecule has 0 saturated carbocycles. The number of hydrogen-bond donors (Lipinski definition) is 2. The zero-order chi connectivity index (χ0) is 12.8. The van der Waals surface area contributed by atoms with Crippen molar-refractivity contribution < 1.29 is 4.74 Å². The van der Waals surface area contributed by atoms with Crippen molar-refractivity contribution in [1.82, 2.24) is 4.90 Å². The molecule has 96 valence electrons. The van der Waals surface area contributed by atoms with Gasteiger partial charge in [0, 0.05) is 36.1 Å². The Morgan fingerprint density at radius 3 is 2.65 bits per heavy atom. The van der Waals surface area contributed by atoms with E-state index in [0.717, 1.165) is 23.7 Å². The number of likely N-dealkylation sites (N-methyl/N-ethyl adjacent to an activating group) is 1. The smallest absolute Gasteiger partial charge is 0.123 e. The molecule has 0 aliphatic carbocycles. The van der Waals surface area contributed by atoms with Gasteiger partial charge in [0.1, 0.15) is 5.75 Å². The summed E-state index contributed by atoms with van der Waals surface area (Å²) in [6, 6.07) is 6.10. The third kappa shape index (κ3) is 4.95. The molecule has 0 bridgehead atoms. The maximum Gasteiger partial charge on any atom is 0.123 e. The van der Waals surface area contributed by atoms with Crippen LogP contribution in [0.3, 0.4) is 0 Å². The summed E-state index contributed by atoms with van der Waals surface area (Å²) in [6.07, 6.45) is 0. The van der Waals surface area contributed by atoms with Gasteiger partial charge in [0.25, 0.3) is 0 Å². The Balaban J connectivity index is 2.69. The first kappa shape index (κ1) is 13.6. The summed E-state index contributed by atoms with van der Waals surface area (Å²) in [4.78, 5) is 2.15. The summed E-state index contributed by atoms with van der Waals surface area (Å²) < 4.78 is 5.46. The highest BCUT2D eigenvalue weighted by atomic mass is 16.5. The molecule has 0 spiro atoms. The number of hydrogen-bond acceptors (Lipinski definition) is 4. The van der Waals surface area contributed by atoms with Crippen molar-refractivity contribution in [2.24, 2.45) is 0 Å². The van der Waals surface area contributed by atoms with Crippen LogP contribution in [0.4, 0.5) is 11.4 Å². The maximum absolute atomic E-state index is 5.84. The van der Waals surface area contributed by atoms with Crippen molar-refractivity contribution in [3.05, 3.63) is 18.2 Å². The van der Waals surface area contributed by atoms with E-state index in [1.165, 1.54) is 0 Å². The van der Waals surface area contributed by atoms with Crippen LogP contribution in [0.2, 0.25) is 0 Å². The van der Waals surface area contributed by atoms with Gasteiger partial charge in [-0.2, -0.15) is 0 Å². The largest absolute Gasteiger partial charge is 0.494 e. The fraction of sp³-hybridized carbons (Fsp3) is 0.538. The predicted octanol–water partition coefficient (Wildman–Crippen LogP) is 2.03. The lowest BCUT2D eigenvalue weighted by molar-refractivity contribution is 0.340. The van der Waals surface area contributed by atoms with Crippen LogP contribution in [0.15, 0.2) is 18.2 Å². The Bertz CT molecular complexity index is 353. The van der Waals surface area contributed by atoms with Crippen LogP contribution in [0.25, 0.3) is 0 Å². The molecule has 0 heterocycles. The van der Waals surface area contributed by atoms with Crippen molar-refractivity contribution in [2.75, 3.05) is 38.3 Å². The molecule has 1 unspecified atom stereocenters. The average molecular weight is 237 g/mol. The molecule has 1 rings (SSSR count). The van der Waals surface area contributed by atoms with Gasteiger partial charge in [-0.25, -0.2) is 0 Å².